The smallest absolute Gasteiger partial charge is 0.162 e. The van der Waals surface area contributed by atoms with Gasteiger partial charge in [0.1, 0.15) is 6.61 Å². The quantitative estimate of drug-likeness (QED) is 0.275. The van der Waals surface area contributed by atoms with Gasteiger partial charge in [-0.1, -0.05) is 74.3 Å². The van der Waals surface area contributed by atoms with Crippen LogP contribution in [-0.4, -0.2) is 7.11 Å². The summed E-state index contributed by atoms with van der Waals surface area (Å²) in [7, 11) is 1.60. The van der Waals surface area contributed by atoms with Crippen LogP contribution in [-0.2, 0) is 6.61 Å². The topological polar surface area (TPSA) is 42.2 Å². The molecule has 140 valence electrons. The van der Waals surface area contributed by atoms with Crippen LogP contribution in [0.5, 0.6) is 11.5 Å². The van der Waals surface area contributed by atoms with Gasteiger partial charge in [-0.2, -0.15) is 5.26 Å². The molecule has 28 heavy (non-hydrogen) atoms. The van der Waals surface area contributed by atoms with E-state index < -0.39 is 0 Å². The van der Waals surface area contributed by atoms with Gasteiger partial charge in [0.25, 0.3) is 0 Å². The lowest BCUT2D eigenvalue weighted by molar-refractivity contribution is 0.284. The number of ether oxygens (including phenoxy) is 2. The number of rotatable bonds is 6. The Kier molecular flexibility index (Phi) is 6.91. The van der Waals surface area contributed by atoms with Crippen LogP contribution in [0.2, 0.25) is 0 Å². The lowest BCUT2D eigenvalue weighted by Gasteiger charge is -2.13. The van der Waals surface area contributed by atoms with Crippen LogP contribution in [0.25, 0.3) is 11.6 Å². The van der Waals surface area contributed by atoms with Crippen molar-refractivity contribution in [3.05, 3.63) is 92.4 Å². The molecule has 0 fully saturated rings. The van der Waals surface area contributed by atoms with Gasteiger partial charge in [-0.3, -0.25) is 0 Å². The first-order valence-corrected chi connectivity index (χ1v) is 10.1. The summed E-state index contributed by atoms with van der Waals surface area (Å²) in [6, 6.07) is 23.5. The van der Waals surface area contributed by atoms with Gasteiger partial charge in [-0.05, 0) is 47.0 Å². The van der Waals surface area contributed by atoms with Gasteiger partial charge in [-0.15, -0.1) is 0 Å². The first-order chi connectivity index (χ1) is 13.6. The number of allylic oxidation sites excluding steroid dienone is 1. The van der Waals surface area contributed by atoms with E-state index in [2.05, 4.69) is 37.9 Å². The van der Waals surface area contributed by atoms with Gasteiger partial charge in [0.15, 0.2) is 11.5 Å². The van der Waals surface area contributed by atoms with Crippen LogP contribution >= 0.6 is 31.9 Å². The van der Waals surface area contributed by atoms with Crippen molar-refractivity contribution >= 4 is 43.5 Å². The minimum atomic E-state index is 0.429. The summed E-state index contributed by atoms with van der Waals surface area (Å²) < 4.78 is 13.3. The molecule has 0 aromatic heterocycles. The molecule has 0 radical (unpaired) electrons. The van der Waals surface area contributed by atoms with E-state index in [9.17, 15) is 5.26 Å². The highest BCUT2D eigenvalue weighted by atomic mass is 79.9. The van der Waals surface area contributed by atoms with E-state index in [0.717, 1.165) is 25.6 Å². The minimum absolute atomic E-state index is 0.429. The molecule has 0 bridgehead atoms. The molecule has 0 aliphatic carbocycles. The molecule has 3 aromatic carbocycles. The van der Waals surface area contributed by atoms with Crippen LogP contribution < -0.4 is 9.47 Å². The molecule has 0 amide bonds. The van der Waals surface area contributed by atoms with E-state index in [1.807, 2.05) is 72.8 Å². The molecule has 0 spiro atoms. The first kappa shape index (κ1) is 20.2. The zero-order valence-electron chi connectivity index (χ0n) is 15.2. The summed E-state index contributed by atoms with van der Waals surface area (Å²) in [6.45, 7) is 0.429. The highest BCUT2D eigenvalue weighted by molar-refractivity contribution is 9.10. The Bertz CT molecular complexity index is 1020. The van der Waals surface area contributed by atoms with E-state index in [-0.39, 0.29) is 0 Å². The standard InChI is InChI=1S/C23H17Br2NO2/c1-27-22-12-18(11-19(14-26)17-5-3-2-4-6-17)21(25)13-23(22)28-15-16-7-9-20(24)10-8-16/h2-13H,15H2,1H3. The van der Waals surface area contributed by atoms with E-state index in [1.54, 1.807) is 7.11 Å². The average molecular weight is 499 g/mol. The van der Waals surface area contributed by atoms with Crippen LogP contribution in [0, 0.1) is 11.3 Å². The van der Waals surface area contributed by atoms with Crippen molar-refractivity contribution in [2.75, 3.05) is 7.11 Å². The minimum Gasteiger partial charge on any atom is -0.493 e. The third-order valence-electron chi connectivity index (χ3n) is 4.10. The molecule has 0 saturated heterocycles. The normalized spacial score (nSPS) is 11.0. The van der Waals surface area contributed by atoms with Gasteiger partial charge in [-0.25, -0.2) is 0 Å². The Morgan fingerprint density at radius 2 is 1.71 bits per heavy atom. The molecular formula is C23H17Br2NO2. The van der Waals surface area contributed by atoms with Crippen LogP contribution in [0.4, 0.5) is 0 Å². The number of nitrogens with zero attached hydrogens (tertiary/aromatic N) is 1. The Hall–Kier alpha value is -2.55. The predicted molar refractivity (Wildman–Crippen MR) is 119 cm³/mol. The second-order valence-electron chi connectivity index (χ2n) is 5.98. The number of nitriles is 1. The molecule has 0 N–H and O–H groups in total. The Morgan fingerprint density at radius 3 is 2.36 bits per heavy atom. The highest BCUT2D eigenvalue weighted by Gasteiger charge is 2.11. The van der Waals surface area contributed by atoms with Crippen molar-refractivity contribution in [3.8, 4) is 17.6 Å². The number of hydrogen-bond donors (Lipinski definition) is 0. The van der Waals surface area contributed by atoms with Crippen LogP contribution in [0.3, 0.4) is 0 Å². The SMILES string of the molecule is COc1cc(C=C(C#N)c2ccccc2)c(Br)cc1OCc1ccc(Br)cc1. The van der Waals surface area contributed by atoms with E-state index in [0.29, 0.717) is 23.7 Å². The van der Waals surface area contributed by atoms with E-state index >= 15 is 0 Å². The molecule has 3 rings (SSSR count). The predicted octanol–water partition coefficient (Wildman–Crippen LogP) is 6.86. The molecule has 3 aromatic rings. The van der Waals surface area contributed by atoms with E-state index in [4.69, 9.17) is 9.47 Å². The molecule has 0 saturated carbocycles. The van der Waals surface area contributed by atoms with Crippen molar-refractivity contribution in [1.82, 2.24) is 0 Å². The lowest BCUT2D eigenvalue weighted by atomic mass is 10.0. The average Bonchev–Trinajstić information content (AvgIpc) is 2.73. The van der Waals surface area contributed by atoms with E-state index in [1.165, 1.54) is 0 Å². The van der Waals surface area contributed by atoms with Gasteiger partial charge < -0.3 is 9.47 Å². The molecule has 5 heteroatoms. The summed E-state index contributed by atoms with van der Waals surface area (Å²) in [6.07, 6.45) is 1.83. The van der Waals surface area contributed by atoms with Gasteiger partial charge >= 0.3 is 0 Å². The van der Waals surface area contributed by atoms with Crippen LogP contribution in [0.1, 0.15) is 16.7 Å². The summed E-state index contributed by atoms with van der Waals surface area (Å²) in [4.78, 5) is 0. The third kappa shape index (κ3) is 5.03. The number of halogens is 2. The van der Waals surface area contributed by atoms with Crippen molar-refractivity contribution in [2.45, 2.75) is 6.61 Å². The third-order valence-corrected chi connectivity index (χ3v) is 5.31. The van der Waals surface area contributed by atoms with Crippen molar-refractivity contribution in [2.24, 2.45) is 0 Å². The summed E-state index contributed by atoms with van der Waals surface area (Å²) in [5.41, 5.74) is 3.34. The monoisotopic (exact) mass is 497 g/mol. The molecule has 0 atom stereocenters. The van der Waals surface area contributed by atoms with Gasteiger partial charge in [0.05, 0.1) is 18.8 Å². The Morgan fingerprint density at radius 1 is 1.00 bits per heavy atom. The fourth-order valence-corrected chi connectivity index (χ4v) is 3.33. The lowest BCUT2D eigenvalue weighted by Crippen LogP contribution is -1.98. The van der Waals surface area contributed by atoms with Crippen molar-refractivity contribution in [1.29, 1.82) is 5.26 Å². The fraction of sp³-hybridized carbons (Fsp3) is 0.0870. The maximum absolute atomic E-state index is 9.55. The van der Waals surface area contributed by atoms with Gasteiger partial charge in [0.2, 0.25) is 0 Å². The van der Waals surface area contributed by atoms with Crippen LogP contribution in [0.15, 0.2) is 75.7 Å². The summed E-state index contributed by atoms with van der Waals surface area (Å²) >= 11 is 7.01. The zero-order valence-corrected chi connectivity index (χ0v) is 18.3. The van der Waals surface area contributed by atoms with Gasteiger partial charge in [0, 0.05) is 8.95 Å². The second-order valence-corrected chi connectivity index (χ2v) is 7.75. The molecule has 0 unspecified atom stereocenters. The first-order valence-electron chi connectivity index (χ1n) is 8.52. The maximum Gasteiger partial charge on any atom is 0.162 e. The molecule has 0 aliphatic rings. The summed E-state index contributed by atoms with van der Waals surface area (Å²) in [5.74, 6) is 1.24. The van der Waals surface area contributed by atoms with Crippen molar-refractivity contribution < 1.29 is 9.47 Å². The largest absolute Gasteiger partial charge is 0.493 e. The zero-order chi connectivity index (χ0) is 19.9. The molecular weight excluding hydrogens is 482 g/mol. The highest BCUT2D eigenvalue weighted by Crippen LogP contribution is 2.36. The number of methoxy groups -OCH3 is 1. The number of benzene rings is 3. The molecule has 3 nitrogen and oxygen atoms in total. The maximum atomic E-state index is 9.55. The van der Waals surface area contributed by atoms with Crippen molar-refractivity contribution in [3.63, 3.8) is 0 Å². The molecule has 0 aliphatic heterocycles. The molecule has 0 heterocycles. The summed E-state index contributed by atoms with van der Waals surface area (Å²) in [5, 5.41) is 9.55. The second kappa shape index (κ2) is 9.59. The number of hydrogen-bond acceptors (Lipinski definition) is 3. The Labute approximate surface area is 181 Å². The fourth-order valence-electron chi connectivity index (χ4n) is 2.63. The Balaban J connectivity index is 1.88.